The highest BCUT2D eigenvalue weighted by atomic mass is 79.9. The van der Waals surface area contributed by atoms with Crippen LogP contribution in [0.2, 0.25) is 0 Å². The lowest BCUT2D eigenvalue weighted by molar-refractivity contribution is -0.154. The number of aliphatic hydroxyl groups excluding tert-OH is 2. The molecule has 0 saturated carbocycles. The molecule has 0 heterocycles. The van der Waals surface area contributed by atoms with Crippen LogP contribution in [-0.4, -0.2) is 36.0 Å². The molecule has 0 spiro atoms. The number of halogens is 1. The largest absolute Gasteiger partial charge is 0.465 e. The molecule has 0 radical (unpaired) electrons. The summed E-state index contributed by atoms with van der Waals surface area (Å²) in [5, 5.41) is 18.9. The molecule has 0 aliphatic rings. The van der Waals surface area contributed by atoms with Gasteiger partial charge in [-0.15, -0.1) is 0 Å². The fourth-order valence-corrected chi connectivity index (χ4v) is 2.24. The van der Waals surface area contributed by atoms with E-state index in [4.69, 9.17) is 4.74 Å². The van der Waals surface area contributed by atoms with Crippen molar-refractivity contribution in [1.82, 2.24) is 0 Å². The minimum atomic E-state index is -1.42. The van der Waals surface area contributed by atoms with Crippen LogP contribution < -0.4 is 0 Å². The van der Waals surface area contributed by atoms with Crippen molar-refractivity contribution in [2.75, 3.05) is 19.8 Å². The van der Waals surface area contributed by atoms with Crippen LogP contribution in [0.4, 0.5) is 0 Å². The van der Waals surface area contributed by atoms with Crippen molar-refractivity contribution in [2.24, 2.45) is 0 Å². The molecule has 4 nitrogen and oxygen atoms in total. The maximum atomic E-state index is 11.9. The summed E-state index contributed by atoms with van der Waals surface area (Å²) in [6, 6.07) is 6.94. The zero-order valence-electron chi connectivity index (χ0n) is 9.52. The van der Waals surface area contributed by atoms with Gasteiger partial charge in [-0.25, -0.2) is 0 Å². The van der Waals surface area contributed by atoms with Gasteiger partial charge in [0.25, 0.3) is 0 Å². The first-order valence-corrected chi connectivity index (χ1v) is 6.05. The summed E-state index contributed by atoms with van der Waals surface area (Å²) in [4.78, 5) is 11.9. The summed E-state index contributed by atoms with van der Waals surface area (Å²) in [5.74, 6) is -0.628. The average molecular weight is 303 g/mol. The first kappa shape index (κ1) is 14.2. The van der Waals surface area contributed by atoms with Crippen molar-refractivity contribution in [3.63, 3.8) is 0 Å². The number of carbonyl (C=O) groups excluding carboxylic acids is 1. The molecule has 0 fully saturated rings. The minimum Gasteiger partial charge on any atom is -0.465 e. The van der Waals surface area contributed by atoms with Crippen molar-refractivity contribution in [3.05, 3.63) is 34.3 Å². The average Bonchev–Trinajstić information content (AvgIpc) is 2.34. The van der Waals surface area contributed by atoms with Gasteiger partial charge >= 0.3 is 5.97 Å². The number of ether oxygens (including phenoxy) is 1. The monoisotopic (exact) mass is 302 g/mol. The molecule has 17 heavy (non-hydrogen) atoms. The van der Waals surface area contributed by atoms with Crippen LogP contribution in [0.25, 0.3) is 0 Å². The van der Waals surface area contributed by atoms with E-state index in [0.29, 0.717) is 10.0 Å². The van der Waals surface area contributed by atoms with Gasteiger partial charge in [-0.1, -0.05) is 34.1 Å². The van der Waals surface area contributed by atoms with Gasteiger partial charge in [-0.3, -0.25) is 4.79 Å². The van der Waals surface area contributed by atoms with Crippen LogP contribution in [0.3, 0.4) is 0 Å². The van der Waals surface area contributed by atoms with E-state index in [1.165, 1.54) is 0 Å². The third kappa shape index (κ3) is 2.68. The van der Waals surface area contributed by atoms with E-state index in [-0.39, 0.29) is 6.61 Å². The molecule has 1 aromatic rings. The minimum absolute atomic E-state index is 0.199. The van der Waals surface area contributed by atoms with Crippen molar-refractivity contribution in [1.29, 1.82) is 0 Å². The van der Waals surface area contributed by atoms with Gasteiger partial charge in [-0.2, -0.15) is 0 Å². The lowest BCUT2D eigenvalue weighted by atomic mass is 9.82. The fraction of sp³-hybridized carbons (Fsp3) is 0.417. The maximum Gasteiger partial charge on any atom is 0.321 e. The van der Waals surface area contributed by atoms with E-state index in [0.717, 1.165) is 0 Å². The molecule has 1 aromatic carbocycles. The molecular weight excluding hydrogens is 288 g/mol. The molecule has 0 saturated heterocycles. The highest BCUT2D eigenvalue weighted by Crippen LogP contribution is 2.31. The van der Waals surface area contributed by atoms with Crippen molar-refractivity contribution in [3.8, 4) is 0 Å². The number of rotatable bonds is 5. The standard InChI is InChI=1S/C12H15BrO4/c1-2-17-11(16)12(7-14,8-15)9-5-3-4-6-10(9)13/h3-6,14-15H,2,7-8H2,1H3. The van der Waals surface area contributed by atoms with Crippen LogP contribution in [0.5, 0.6) is 0 Å². The van der Waals surface area contributed by atoms with Crippen molar-refractivity contribution in [2.45, 2.75) is 12.3 Å². The summed E-state index contributed by atoms with van der Waals surface area (Å²) in [6.45, 7) is 0.859. The molecule has 0 atom stereocenters. The Hall–Kier alpha value is -0.910. The van der Waals surface area contributed by atoms with E-state index in [1.807, 2.05) is 0 Å². The molecule has 1 rings (SSSR count). The zero-order valence-corrected chi connectivity index (χ0v) is 11.1. The number of carbonyl (C=O) groups is 1. The highest BCUT2D eigenvalue weighted by Gasteiger charge is 2.42. The quantitative estimate of drug-likeness (QED) is 0.803. The van der Waals surface area contributed by atoms with Gasteiger partial charge in [-0.05, 0) is 18.6 Å². The molecule has 0 aliphatic carbocycles. The van der Waals surface area contributed by atoms with Crippen molar-refractivity contribution < 1.29 is 19.7 Å². The Morgan fingerprint density at radius 3 is 2.41 bits per heavy atom. The number of hydrogen-bond donors (Lipinski definition) is 2. The normalized spacial score (nSPS) is 11.3. The van der Waals surface area contributed by atoms with Gasteiger partial charge < -0.3 is 14.9 Å². The van der Waals surface area contributed by atoms with Crippen LogP contribution in [0, 0.1) is 0 Å². The summed E-state index contributed by atoms with van der Waals surface area (Å²) in [5.41, 5.74) is -0.903. The van der Waals surface area contributed by atoms with Gasteiger partial charge in [0.1, 0.15) is 5.41 Å². The number of aliphatic hydroxyl groups is 2. The van der Waals surface area contributed by atoms with Crippen LogP contribution in [0.1, 0.15) is 12.5 Å². The van der Waals surface area contributed by atoms with Gasteiger partial charge in [0.05, 0.1) is 19.8 Å². The molecule has 2 N–H and O–H groups in total. The SMILES string of the molecule is CCOC(=O)C(CO)(CO)c1ccccc1Br. The van der Waals surface area contributed by atoms with Crippen LogP contribution >= 0.6 is 15.9 Å². The molecule has 0 amide bonds. The molecule has 94 valence electrons. The van der Waals surface area contributed by atoms with Crippen LogP contribution in [-0.2, 0) is 14.9 Å². The van der Waals surface area contributed by atoms with E-state index >= 15 is 0 Å². The fourth-order valence-electron chi connectivity index (χ4n) is 1.58. The second-order valence-electron chi connectivity index (χ2n) is 3.60. The Balaban J connectivity index is 3.25. The molecule has 0 bridgehead atoms. The first-order valence-electron chi connectivity index (χ1n) is 5.26. The van der Waals surface area contributed by atoms with Gasteiger partial charge in [0.15, 0.2) is 0 Å². The third-order valence-corrected chi connectivity index (χ3v) is 3.29. The van der Waals surface area contributed by atoms with Gasteiger partial charge in [0.2, 0.25) is 0 Å². The summed E-state index contributed by atoms with van der Waals surface area (Å²) in [6.07, 6.45) is 0. The Morgan fingerprint density at radius 1 is 1.35 bits per heavy atom. The predicted octanol–water partition coefficient (Wildman–Crippen LogP) is 1.23. The maximum absolute atomic E-state index is 11.9. The molecule has 0 unspecified atom stereocenters. The van der Waals surface area contributed by atoms with Gasteiger partial charge in [0, 0.05) is 4.47 Å². The first-order chi connectivity index (χ1) is 8.12. The second kappa shape index (κ2) is 6.14. The Labute approximate surface area is 108 Å². The van der Waals surface area contributed by atoms with E-state index < -0.39 is 24.6 Å². The number of benzene rings is 1. The highest BCUT2D eigenvalue weighted by molar-refractivity contribution is 9.10. The molecular formula is C12H15BrO4. The topological polar surface area (TPSA) is 66.8 Å². The Kier molecular flexibility index (Phi) is 5.11. The predicted molar refractivity (Wildman–Crippen MR) is 66.6 cm³/mol. The summed E-state index contributed by atoms with van der Waals surface area (Å²) >= 11 is 3.30. The third-order valence-electron chi connectivity index (χ3n) is 2.60. The Morgan fingerprint density at radius 2 is 1.94 bits per heavy atom. The molecule has 5 heteroatoms. The van der Waals surface area contributed by atoms with Crippen molar-refractivity contribution >= 4 is 21.9 Å². The molecule has 0 aliphatic heterocycles. The van der Waals surface area contributed by atoms with E-state index in [2.05, 4.69) is 15.9 Å². The lowest BCUT2D eigenvalue weighted by Gasteiger charge is -2.28. The van der Waals surface area contributed by atoms with E-state index in [1.54, 1.807) is 31.2 Å². The smallest absolute Gasteiger partial charge is 0.321 e. The summed E-state index contributed by atoms with van der Waals surface area (Å²) < 4.78 is 5.57. The van der Waals surface area contributed by atoms with E-state index in [9.17, 15) is 15.0 Å². The Bertz CT molecular complexity index is 388. The van der Waals surface area contributed by atoms with Crippen LogP contribution in [0.15, 0.2) is 28.7 Å². The second-order valence-corrected chi connectivity index (χ2v) is 4.45. The zero-order chi connectivity index (χ0) is 12.9. The summed E-state index contributed by atoms with van der Waals surface area (Å²) in [7, 11) is 0. The molecule has 0 aromatic heterocycles. The number of hydrogen-bond acceptors (Lipinski definition) is 4. The number of esters is 1. The lowest BCUT2D eigenvalue weighted by Crippen LogP contribution is -2.44.